The molecule has 2 aromatic carbocycles. The predicted molar refractivity (Wildman–Crippen MR) is 124 cm³/mol. The van der Waals surface area contributed by atoms with Crippen molar-refractivity contribution >= 4 is 33.9 Å². The highest BCUT2D eigenvalue weighted by molar-refractivity contribution is 7.85. The third-order valence-electron chi connectivity index (χ3n) is 5.69. The summed E-state index contributed by atoms with van der Waals surface area (Å²) in [6, 6.07) is 18.1. The summed E-state index contributed by atoms with van der Waals surface area (Å²) in [6.45, 7) is 3.51. The molecule has 0 aliphatic carbocycles. The highest BCUT2D eigenvalue weighted by atomic mass is 32.2. The Labute approximate surface area is 184 Å². The first-order valence-electron chi connectivity index (χ1n) is 10.5. The molecule has 2 aliphatic heterocycles. The standard InChI is InChI=1S/C23H25N5O2S/c1-30-19-9-5-6-17(16-19)24-22-21-20(10-15-31(21)29)25-23(26-22)28-13-11-27(12-14-28)18-7-3-2-4-8-18/h2-9,16H,10-15H2,1H3,(H,24,25,26). The van der Waals surface area contributed by atoms with E-state index in [0.29, 0.717) is 23.9 Å². The zero-order valence-corrected chi connectivity index (χ0v) is 18.3. The molecule has 0 amide bonds. The number of hydrogen-bond donors (Lipinski definition) is 1. The molecule has 1 N–H and O–H groups in total. The summed E-state index contributed by atoms with van der Waals surface area (Å²) in [5, 5.41) is 3.36. The zero-order chi connectivity index (χ0) is 21.2. The molecule has 1 unspecified atom stereocenters. The Morgan fingerprint density at radius 1 is 0.968 bits per heavy atom. The Hall–Kier alpha value is -3.13. The number of ether oxygens (including phenoxy) is 1. The summed E-state index contributed by atoms with van der Waals surface area (Å²) in [6.07, 6.45) is 0.717. The highest BCUT2D eigenvalue weighted by Gasteiger charge is 2.28. The number of anilines is 4. The molecule has 7 nitrogen and oxygen atoms in total. The van der Waals surface area contributed by atoms with E-state index < -0.39 is 10.8 Å². The molecule has 160 valence electrons. The Bertz CT molecular complexity index is 1100. The first-order valence-corrected chi connectivity index (χ1v) is 11.8. The second kappa shape index (κ2) is 8.55. The van der Waals surface area contributed by atoms with Crippen molar-refractivity contribution in [1.82, 2.24) is 9.97 Å². The lowest BCUT2D eigenvalue weighted by Gasteiger charge is -2.36. The van der Waals surface area contributed by atoms with Gasteiger partial charge in [0, 0.05) is 55.8 Å². The third kappa shape index (κ3) is 4.07. The molecule has 5 rings (SSSR count). The van der Waals surface area contributed by atoms with Crippen LogP contribution in [0.5, 0.6) is 5.75 Å². The molecule has 0 radical (unpaired) electrons. The molecule has 31 heavy (non-hydrogen) atoms. The molecule has 0 bridgehead atoms. The van der Waals surface area contributed by atoms with Gasteiger partial charge in [0.1, 0.15) is 10.6 Å². The van der Waals surface area contributed by atoms with E-state index in [4.69, 9.17) is 14.7 Å². The van der Waals surface area contributed by atoms with Gasteiger partial charge in [-0.2, -0.15) is 4.98 Å². The Balaban J connectivity index is 1.40. The van der Waals surface area contributed by atoms with Gasteiger partial charge in [-0.15, -0.1) is 0 Å². The van der Waals surface area contributed by atoms with Gasteiger partial charge in [0.15, 0.2) is 5.82 Å². The molecule has 1 atom stereocenters. The molecule has 3 aromatic rings. The smallest absolute Gasteiger partial charge is 0.227 e. The monoisotopic (exact) mass is 435 g/mol. The average Bonchev–Trinajstić information content (AvgIpc) is 3.21. The fourth-order valence-electron chi connectivity index (χ4n) is 4.05. The molecule has 1 saturated heterocycles. The minimum atomic E-state index is -1.08. The van der Waals surface area contributed by atoms with E-state index in [-0.39, 0.29) is 0 Å². The maximum Gasteiger partial charge on any atom is 0.227 e. The largest absolute Gasteiger partial charge is 0.497 e. The van der Waals surface area contributed by atoms with Crippen molar-refractivity contribution in [3.8, 4) is 5.75 Å². The number of methoxy groups -OCH3 is 1. The van der Waals surface area contributed by atoms with Crippen LogP contribution in [0.3, 0.4) is 0 Å². The van der Waals surface area contributed by atoms with E-state index in [0.717, 1.165) is 48.2 Å². The summed E-state index contributed by atoms with van der Waals surface area (Å²) in [4.78, 5) is 15.0. The van der Waals surface area contributed by atoms with Gasteiger partial charge in [0.25, 0.3) is 0 Å². The number of benzene rings is 2. The van der Waals surface area contributed by atoms with E-state index in [1.54, 1.807) is 7.11 Å². The van der Waals surface area contributed by atoms with Crippen LogP contribution in [0.2, 0.25) is 0 Å². The van der Waals surface area contributed by atoms with Crippen molar-refractivity contribution in [2.24, 2.45) is 0 Å². The van der Waals surface area contributed by atoms with Gasteiger partial charge in [-0.3, -0.25) is 4.21 Å². The van der Waals surface area contributed by atoms with Gasteiger partial charge >= 0.3 is 0 Å². The normalized spacial score (nSPS) is 18.0. The van der Waals surface area contributed by atoms with Crippen LogP contribution in [0.25, 0.3) is 0 Å². The van der Waals surface area contributed by atoms with E-state index in [1.165, 1.54) is 5.69 Å². The molecule has 3 heterocycles. The molecule has 1 fully saturated rings. The number of aromatic nitrogens is 2. The molecular formula is C23H25N5O2S. The van der Waals surface area contributed by atoms with Crippen molar-refractivity contribution in [2.45, 2.75) is 11.3 Å². The van der Waals surface area contributed by atoms with Gasteiger partial charge in [0.2, 0.25) is 5.95 Å². The number of fused-ring (bicyclic) bond motifs is 1. The lowest BCUT2D eigenvalue weighted by atomic mass is 10.2. The summed E-state index contributed by atoms with van der Waals surface area (Å²) in [5.41, 5.74) is 2.98. The molecule has 0 spiro atoms. The van der Waals surface area contributed by atoms with Crippen LogP contribution in [0, 0.1) is 0 Å². The lowest BCUT2D eigenvalue weighted by molar-refractivity contribution is 0.415. The predicted octanol–water partition coefficient (Wildman–Crippen LogP) is 3.22. The topological polar surface area (TPSA) is 70.6 Å². The van der Waals surface area contributed by atoms with Crippen LogP contribution < -0.4 is 19.9 Å². The maximum absolute atomic E-state index is 12.6. The Morgan fingerprint density at radius 3 is 2.52 bits per heavy atom. The fraction of sp³-hybridized carbons (Fsp3) is 0.304. The molecule has 0 saturated carbocycles. The number of rotatable bonds is 5. The van der Waals surface area contributed by atoms with Crippen LogP contribution in [-0.2, 0) is 17.2 Å². The number of nitrogens with zero attached hydrogens (tertiary/aromatic N) is 4. The molecular weight excluding hydrogens is 410 g/mol. The number of para-hydroxylation sites is 1. The minimum absolute atomic E-state index is 0.599. The van der Waals surface area contributed by atoms with E-state index >= 15 is 0 Å². The van der Waals surface area contributed by atoms with Gasteiger partial charge in [-0.1, -0.05) is 24.3 Å². The first kappa shape index (κ1) is 19.8. The van der Waals surface area contributed by atoms with Crippen molar-refractivity contribution in [1.29, 1.82) is 0 Å². The van der Waals surface area contributed by atoms with Gasteiger partial charge in [0.05, 0.1) is 23.6 Å². The van der Waals surface area contributed by atoms with Crippen LogP contribution in [0.4, 0.5) is 23.1 Å². The van der Waals surface area contributed by atoms with Crippen LogP contribution in [0.15, 0.2) is 59.5 Å². The summed E-state index contributed by atoms with van der Waals surface area (Å²) in [5.74, 6) is 2.70. The van der Waals surface area contributed by atoms with Crippen LogP contribution >= 0.6 is 0 Å². The minimum Gasteiger partial charge on any atom is -0.497 e. The Kier molecular flexibility index (Phi) is 5.46. The van der Waals surface area contributed by atoms with Crippen molar-refractivity contribution < 1.29 is 8.95 Å². The second-order valence-electron chi connectivity index (χ2n) is 7.61. The molecule has 2 aliphatic rings. The summed E-state index contributed by atoms with van der Waals surface area (Å²) >= 11 is 0. The number of piperazine rings is 1. The van der Waals surface area contributed by atoms with Crippen molar-refractivity contribution in [2.75, 3.05) is 54.2 Å². The average molecular weight is 436 g/mol. The number of nitrogens with one attached hydrogen (secondary N) is 1. The molecule has 8 heteroatoms. The lowest BCUT2D eigenvalue weighted by Crippen LogP contribution is -2.47. The second-order valence-corrected chi connectivity index (χ2v) is 9.12. The van der Waals surface area contributed by atoms with Crippen LogP contribution in [-0.4, -0.2) is 53.2 Å². The van der Waals surface area contributed by atoms with E-state index in [2.05, 4.69) is 39.4 Å². The summed E-state index contributed by atoms with van der Waals surface area (Å²) in [7, 11) is 0.563. The highest BCUT2D eigenvalue weighted by Crippen LogP contribution is 2.32. The van der Waals surface area contributed by atoms with Gasteiger partial charge < -0.3 is 19.9 Å². The van der Waals surface area contributed by atoms with Crippen molar-refractivity contribution in [3.05, 3.63) is 60.3 Å². The quantitative estimate of drug-likeness (QED) is 0.660. The maximum atomic E-state index is 12.6. The van der Waals surface area contributed by atoms with E-state index in [9.17, 15) is 4.21 Å². The first-order chi connectivity index (χ1) is 15.2. The van der Waals surface area contributed by atoms with Gasteiger partial charge in [-0.05, 0) is 24.3 Å². The summed E-state index contributed by atoms with van der Waals surface area (Å²) < 4.78 is 18.0. The van der Waals surface area contributed by atoms with E-state index in [1.807, 2.05) is 30.3 Å². The van der Waals surface area contributed by atoms with Crippen LogP contribution in [0.1, 0.15) is 5.69 Å². The van der Waals surface area contributed by atoms with Gasteiger partial charge in [-0.25, -0.2) is 4.98 Å². The number of aryl methyl sites for hydroxylation is 1. The SMILES string of the molecule is COc1cccc(Nc2nc(N3CCN(c4ccccc4)CC3)nc3c2S(=O)CC3)c1. The Morgan fingerprint density at radius 2 is 1.74 bits per heavy atom. The molecule has 1 aromatic heterocycles. The number of hydrogen-bond acceptors (Lipinski definition) is 7. The fourth-order valence-corrected chi connectivity index (χ4v) is 5.36. The van der Waals surface area contributed by atoms with Crippen molar-refractivity contribution in [3.63, 3.8) is 0 Å². The third-order valence-corrected chi connectivity index (χ3v) is 7.15. The zero-order valence-electron chi connectivity index (χ0n) is 17.5.